The molecule has 8 aromatic carbocycles. The van der Waals surface area contributed by atoms with Crippen molar-refractivity contribution in [3.8, 4) is 33.4 Å². The van der Waals surface area contributed by atoms with Gasteiger partial charge >= 0.3 is 0 Å². The van der Waals surface area contributed by atoms with Crippen LogP contribution in [0.25, 0.3) is 33.4 Å². The lowest BCUT2D eigenvalue weighted by Gasteiger charge is -2.27. The molecule has 0 spiro atoms. The SMILES string of the molecule is CCS(=O)(=O)c1ccccc1.Cn1cc(-c2ccc(CN3C(=O)C(=O)c4ccccc43)c(F)c2)cn1.Cn1cc(-c2ccc(CN3C(=O)C(O)(C(F)Cc4ccccc4)c4ccccc43)c(F)c2)cn1.Cn1cc(-c2ccc(CN3C(=O)C(O)(CF)c4ccccc43)c(F)c2)cn1. The van der Waals surface area contributed by atoms with Crippen LogP contribution in [-0.4, -0.2) is 90.1 Å². The lowest BCUT2D eigenvalue weighted by Crippen LogP contribution is -2.47. The molecule has 14 rings (SSSR count). The lowest BCUT2D eigenvalue weighted by molar-refractivity contribution is -0.143. The largest absolute Gasteiger partial charge is 0.373 e. The monoisotopic (exact) mass is 1330 g/mol. The number of nitrogens with zero attached hydrogens (tertiary/aromatic N) is 9. The molecule has 3 aliphatic heterocycles. The summed E-state index contributed by atoms with van der Waals surface area (Å²) in [7, 11) is 2.35. The number of ketones is 1. The highest BCUT2D eigenvalue weighted by molar-refractivity contribution is 7.91. The summed E-state index contributed by atoms with van der Waals surface area (Å²) in [6, 6.07) is 51.3. The van der Waals surface area contributed by atoms with E-state index in [9.17, 15) is 51.0 Å². The second-order valence-corrected chi connectivity index (χ2v) is 25.6. The van der Waals surface area contributed by atoms with Crippen LogP contribution in [-0.2, 0) is 82.6 Å². The number of hydrogen-bond acceptors (Lipinski definition) is 11. The average molecular weight is 1330 g/mol. The number of alkyl halides is 2. The molecule has 0 saturated carbocycles. The van der Waals surface area contributed by atoms with Crippen molar-refractivity contribution in [2.45, 2.75) is 55.2 Å². The van der Waals surface area contributed by atoms with E-state index < -0.39 is 74.8 Å². The van der Waals surface area contributed by atoms with Crippen molar-refractivity contribution < 1.29 is 59.8 Å². The van der Waals surface area contributed by atoms with Crippen LogP contribution in [0.4, 0.5) is 39.0 Å². The van der Waals surface area contributed by atoms with E-state index in [1.165, 1.54) is 39.0 Å². The van der Waals surface area contributed by atoms with Gasteiger partial charge in [-0.25, -0.2) is 30.4 Å². The number of para-hydroxylation sites is 3. The van der Waals surface area contributed by atoms with Gasteiger partial charge in [-0.05, 0) is 76.9 Å². The first-order valence-corrected chi connectivity index (χ1v) is 32.2. The topological polar surface area (TPSA) is 206 Å². The molecule has 3 aliphatic rings. The van der Waals surface area contributed by atoms with Crippen molar-refractivity contribution in [1.29, 1.82) is 0 Å². The van der Waals surface area contributed by atoms with Crippen LogP contribution in [0.1, 0.15) is 50.7 Å². The number of sulfone groups is 1. The number of carbonyl (C=O) groups is 4. The number of anilines is 3. The molecular formula is C74H64F5N9O8S. The summed E-state index contributed by atoms with van der Waals surface area (Å²) in [5, 5.41) is 34.1. The van der Waals surface area contributed by atoms with E-state index in [0.717, 1.165) is 16.7 Å². The van der Waals surface area contributed by atoms with Gasteiger partial charge in [-0.3, -0.25) is 33.2 Å². The van der Waals surface area contributed by atoms with E-state index in [1.807, 2.05) is 6.07 Å². The maximum Gasteiger partial charge on any atom is 0.299 e. The van der Waals surface area contributed by atoms with E-state index in [0.29, 0.717) is 55.3 Å². The number of halogens is 5. The highest BCUT2D eigenvalue weighted by atomic mass is 32.2. The smallest absolute Gasteiger partial charge is 0.299 e. The Morgan fingerprint density at radius 1 is 0.485 bits per heavy atom. The van der Waals surface area contributed by atoms with Crippen LogP contribution >= 0.6 is 0 Å². The summed E-state index contributed by atoms with van der Waals surface area (Å²) in [4.78, 5) is 54.5. The van der Waals surface area contributed by atoms with Gasteiger partial charge in [0.05, 0.1) is 71.5 Å². The molecule has 0 aliphatic carbocycles. The summed E-state index contributed by atoms with van der Waals surface area (Å²) in [6.45, 7) is 0.192. The summed E-state index contributed by atoms with van der Waals surface area (Å²) >= 11 is 0. The molecule has 23 heteroatoms. The van der Waals surface area contributed by atoms with E-state index in [2.05, 4.69) is 15.3 Å². The number of aryl methyl sites for hydroxylation is 3. The quantitative estimate of drug-likeness (QED) is 0.0729. The third kappa shape index (κ3) is 13.8. The van der Waals surface area contributed by atoms with Crippen molar-refractivity contribution in [3.05, 3.63) is 282 Å². The molecule has 3 amide bonds. The number of benzene rings is 8. The molecule has 3 aromatic heterocycles. The van der Waals surface area contributed by atoms with Gasteiger partial charge < -0.3 is 24.9 Å². The van der Waals surface area contributed by atoms with Gasteiger partial charge in [-0.15, -0.1) is 0 Å². The number of hydrogen-bond donors (Lipinski definition) is 2. The molecule has 0 radical (unpaired) electrons. The first-order chi connectivity index (χ1) is 46.5. The predicted octanol–water partition coefficient (Wildman–Crippen LogP) is 11.9. The van der Waals surface area contributed by atoms with Crippen molar-refractivity contribution in [2.75, 3.05) is 27.1 Å². The Balaban J connectivity index is 0.000000138. The molecule has 2 N–H and O–H groups in total. The normalized spacial score (nSPS) is 16.4. The average Bonchev–Trinajstić information content (AvgIpc) is 1.59. The van der Waals surface area contributed by atoms with E-state index in [1.54, 1.807) is 237 Å². The summed E-state index contributed by atoms with van der Waals surface area (Å²) < 4.78 is 101. The fourth-order valence-corrected chi connectivity index (χ4v) is 12.6. The number of carbonyl (C=O) groups excluding carboxylic acids is 4. The maximum absolute atomic E-state index is 15.6. The molecule has 0 bridgehead atoms. The Kier molecular flexibility index (Phi) is 19.5. The highest BCUT2D eigenvalue weighted by Crippen LogP contribution is 2.46. The number of aliphatic hydroxyl groups is 2. The van der Waals surface area contributed by atoms with Gasteiger partial charge in [0.15, 0.2) is 15.4 Å². The van der Waals surface area contributed by atoms with Crippen LogP contribution in [0.15, 0.2) is 230 Å². The van der Waals surface area contributed by atoms with Crippen molar-refractivity contribution >= 4 is 50.4 Å². The zero-order chi connectivity index (χ0) is 68.9. The van der Waals surface area contributed by atoms with Crippen molar-refractivity contribution in [3.63, 3.8) is 0 Å². The first kappa shape index (κ1) is 67.4. The van der Waals surface area contributed by atoms with Crippen LogP contribution in [0.3, 0.4) is 0 Å². The number of amides is 3. The standard InChI is InChI=1S/C27H23F2N3O2.C20H17F2N3O2.C19H14FN3O2.C8H10O2S/c1-31-16-21(15-30-31)19-11-12-20(23(28)14-19)17-32-24-10-6-5-9-22(24)27(34,26(32)33)25(29)13-18-7-3-2-4-8-18;1-24-10-15(9-23-24)13-6-7-14(17(22)8-13)11-25-18-5-3-2-4-16(18)20(27,12-21)19(25)26;1-22-10-14(9-21-22)12-6-7-13(16(20)8-12)11-23-17-5-3-2-4-15(17)18(24)19(23)25;1-2-11(9,10)8-6-4-3-5-7-8/h2-12,14-16,25,34H,13,17H2,1H3;2-10,27H,11-12H2,1H3;2-10H,11H2,1H3;3-7H,2H2,1H3. The van der Waals surface area contributed by atoms with Gasteiger partial charge in [0, 0.05) is 90.7 Å². The third-order valence-electron chi connectivity index (χ3n) is 16.9. The van der Waals surface area contributed by atoms with E-state index in [4.69, 9.17) is 0 Å². The van der Waals surface area contributed by atoms with Crippen molar-refractivity contribution in [2.24, 2.45) is 21.1 Å². The number of rotatable bonds is 15. The van der Waals surface area contributed by atoms with Crippen LogP contribution < -0.4 is 14.7 Å². The molecule has 3 atom stereocenters. The lowest BCUT2D eigenvalue weighted by atomic mass is 9.87. The van der Waals surface area contributed by atoms with Crippen LogP contribution in [0.5, 0.6) is 0 Å². The first-order valence-electron chi connectivity index (χ1n) is 30.6. The third-order valence-corrected chi connectivity index (χ3v) is 18.7. The van der Waals surface area contributed by atoms with E-state index >= 15 is 8.78 Å². The Labute approximate surface area is 555 Å². The molecule has 0 fully saturated rings. The van der Waals surface area contributed by atoms with E-state index in [-0.39, 0.29) is 54.1 Å². The Hall–Kier alpha value is -11.0. The molecular weight excluding hydrogens is 1270 g/mol. The molecule has 97 heavy (non-hydrogen) atoms. The zero-order valence-electron chi connectivity index (χ0n) is 52.8. The second kappa shape index (κ2) is 28.1. The van der Waals surface area contributed by atoms with Crippen LogP contribution in [0.2, 0.25) is 0 Å². The number of fused-ring (bicyclic) bond motifs is 3. The number of aromatic nitrogens is 6. The van der Waals surface area contributed by atoms with Gasteiger partial charge in [0.2, 0.25) is 5.60 Å². The predicted molar refractivity (Wildman–Crippen MR) is 356 cm³/mol. The fourth-order valence-electron chi connectivity index (χ4n) is 11.7. The van der Waals surface area contributed by atoms with Gasteiger partial charge in [-0.1, -0.05) is 140 Å². The van der Waals surface area contributed by atoms with Crippen molar-refractivity contribution in [1.82, 2.24) is 29.3 Å². The minimum Gasteiger partial charge on any atom is -0.373 e. The second-order valence-electron chi connectivity index (χ2n) is 23.3. The summed E-state index contributed by atoms with van der Waals surface area (Å²) in [5.74, 6) is -4.02. The Bertz CT molecular complexity index is 4880. The zero-order valence-corrected chi connectivity index (χ0v) is 53.7. The molecule has 11 aromatic rings. The van der Waals surface area contributed by atoms with Crippen LogP contribution in [0, 0.1) is 17.5 Å². The summed E-state index contributed by atoms with van der Waals surface area (Å²) in [5.41, 5.74) is 3.41. The van der Waals surface area contributed by atoms with Gasteiger partial charge in [0.1, 0.15) is 30.3 Å². The number of Topliss-reactive ketones (excluding diaryl/α,β-unsaturated/α-hetero) is 1. The summed E-state index contributed by atoms with van der Waals surface area (Å²) in [6.07, 6.45) is 8.30. The molecule has 3 unspecified atom stereocenters. The Morgan fingerprint density at radius 3 is 1.33 bits per heavy atom. The van der Waals surface area contributed by atoms with Gasteiger partial charge in [-0.2, -0.15) is 15.3 Å². The maximum atomic E-state index is 15.6. The Morgan fingerprint density at radius 2 is 0.887 bits per heavy atom. The fraction of sp³-hybridized carbons (Fsp3) is 0.176. The molecule has 0 saturated heterocycles. The minimum absolute atomic E-state index is 0.0146. The van der Waals surface area contributed by atoms with Gasteiger partial charge in [0.25, 0.3) is 23.5 Å². The molecule has 17 nitrogen and oxygen atoms in total. The molecule has 6 heterocycles. The highest BCUT2D eigenvalue weighted by Gasteiger charge is 2.55. The molecule has 494 valence electrons. The minimum atomic E-state index is -3.00.